The van der Waals surface area contributed by atoms with Crippen LogP contribution in [-0.2, 0) is 16.1 Å². The highest BCUT2D eigenvalue weighted by Crippen LogP contribution is 2.21. The number of hydrogen-bond acceptors (Lipinski definition) is 4. The lowest BCUT2D eigenvalue weighted by atomic mass is 9.97. The number of aryl methyl sites for hydroxylation is 1. The lowest BCUT2D eigenvalue weighted by molar-refractivity contribution is -0.120. The first-order valence-corrected chi connectivity index (χ1v) is 8.63. The topological polar surface area (TPSA) is 53.6 Å². The summed E-state index contributed by atoms with van der Waals surface area (Å²) < 4.78 is 5.40. The Balaban J connectivity index is 0.00000208. The molecule has 2 saturated heterocycles. The molecule has 2 N–H and O–H groups in total. The van der Waals surface area contributed by atoms with Crippen molar-refractivity contribution in [1.82, 2.24) is 10.2 Å². The number of hydrogen-bond donors (Lipinski definition) is 2. The number of amides is 1. The van der Waals surface area contributed by atoms with Crippen molar-refractivity contribution in [2.45, 2.75) is 26.3 Å². The Morgan fingerprint density at radius 3 is 2.71 bits per heavy atom. The van der Waals surface area contributed by atoms with E-state index in [0.717, 1.165) is 70.0 Å². The van der Waals surface area contributed by atoms with E-state index in [0.29, 0.717) is 0 Å². The summed E-state index contributed by atoms with van der Waals surface area (Å²) in [4.78, 5) is 14.9. The SMILES string of the molecule is Cc1ccc(CN2CCOCC2)cc1NC(=O)C1CCNCC1.Cl. The number of morpholine rings is 1. The molecule has 0 unspecified atom stereocenters. The number of carbonyl (C=O) groups excluding carboxylic acids is 1. The maximum Gasteiger partial charge on any atom is 0.227 e. The van der Waals surface area contributed by atoms with Crippen LogP contribution in [0.15, 0.2) is 18.2 Å². The van der Waals surface area contributed by atoms with Crippen molar-refractivity contribution in [3.63, 3.8) is 0 Å². The second-order valence-electron chi connectivity index (χ2n) is 6.55. The minimum absolute atomic E-state index is 0. The van der Waals surface area contributed by atoms with Gasteiger partial charge in [-0.2, -0.15) is 0 Å². The van der Waals surface area contributed by atoms with Crippen molar-refractivity contribution < 1.29 is 9.53 Å². The van der Waals surface area contributed by atoms with Crippen LogP contribution < -0.4 is 10.6 Å². The minimum Gasteiger partial charge on any atom is -0.379 e. The molecule has 0 saturated carbocycles. The van der Waals surface area contributed by atoms with Gasteiger partial charge in [0.1, 0.15) is 0 Å². The molecule has 1 aromatic rings. The summed E-state index contributed by atoms with van der Waals surface area (Å²) in [6.45, 7) is 8.42. The number of ether oxygens (including phenoxy) is 1. The zero-order valence-corrected chi connectivity index (χ0v) is 15.2. The molecule has 2 heterocycles. The van der Waals surface area contributed by atoms with Crippen molar-refractivity contribution in [1.29, 1.82) is 0 Å². The smallest absolute Gasteiger partial charge is 0.227 e. The molecule has 0 bridgehead atoms. The van der Waals surface area contributed by atoms with Gasteiger partial charge in [-0.15, -0.1) is 12.4 Å². The van der Waals surface area contributed by atoms with Gasteiger partial charge >= 0.3 is 0 Å². The number of rotatable bonds is 4. The van der Waals surface area contributed by atoms with Crippen LogP contribution in [0.4, 0.5) is 5.69 Å². The fraction of sp³-hybridized carbons (Fsp3) is 0.611. The molecule has 2 aliphatic rings. The van der Waals surface area contributed by atoms with Crippen LogP contribution in [0, 0.1) is 12.8 Å². The zero-order valence-electron chi connectivity index (χ0n) is 14.3. The molecule has 2 fully saturated rings. The predicted octanol–water partition coefficient (Wildman–Crippen LogP) is 2.19. The summed E-state index contributed by atoms with van der Waals surface area (Å²) in [6.07, 6.45) is 1.86. The molecule has 24 heavy (non-hydrogen) atoms. The molecule has 0 aliphatic carbocycles. The third-order valence-corrected chi connectivity index (χ3v) is 4.78. The molecular weight excluding hydrogens is 326 g/mol. The van der Waals surface area contributed by atoms with Crippen LogP contribution >= 0.6 is 12.4 Å². The van der Waals surface area contributed by atoms with Crippen LogP contribution in [0.2, 0.25) is 0 Å². The minimum atomic E-state index is 0. The molecule has 0 radical (unpaired) electrons. The fourth-order valence-corrected chi connectivity index (χ4v) is 3.24. The highest BCUT2D eigenvalue weighted by atomic mass is 35.5. The average molecular weight is 354 g/mol. The van der Waals surface area contributed by atoms with Gasteiger partial charge in [0.15, 0.2) is 0 Å². The Morgan fingerprint density at radius 1 is 1.29 bits per heavy atom. The van der Waals surface area contributed by atoms with Crippen molar-refractivity contribution in [3.05, 3.63) is 29.3 Å². The lowest BCUT2D eigenvalue weighted by Crippen LogP contribution is -2.35. The van der Waals surface area contributed by atoms with Gasteiger partial charge in [0.05, 0.1) is 13.2 Å². The van der Waals surface area contributed by atoms with E-state index in [1.54, 1.807) is 0 Å². The third kappa shape index (κ3) is 5.18. The standard InChI is InChI=1S/C18H27N3O2.ClH/c1-14-2-3-15(13-21-8-10-23-11-9-21)12-17(14)20-18(22)16-4-6-19-7-5-16;/h2-3,12,16,19H,4-11,13H2,1H3,(H,20,22);1H. The van der Waals surface area contributed by atoms with Crippen LogP contribution in [0.5, 0.6) is 0 Å². The molecule has 134 valence electrons. The van der Waals surface area contributed by atoms with E-state index in [-0.39, 0.29) is 24.2 Å². The molecule has 5 nitrogen and oxygen atoms in total. The van der Waals surface area contributed by atoms with Crippen molar-refractivity contribution in [3.8, 4) is 0 Å². The van der Waals surface area contributed by atoms with E-state index in [1.807, 2.05) is 0 Å². The fourth-order valence-electron chi connectivity index (χ4n) is 3.24. The maximum atomic E-state index is 12.5. The van der Waals surface area contributed by atoms with E-state index in [9.17, 15) is 4.79 Å². The van der Waals surface area contributed by atoms with Gasteiger partial charge in [-0.05, 0) is 50.0 Å². The first-order chi connectivity index (χ1) is 11.2. The van der Waals surface area contributed by atoms with Gasteiger partial charge in [0, 0.05) is 31.2 Å². The third-order valence-electron chi connectivity index (χ3n) is 4.78. The number of anilines is 1. The number of nitrogens with one attached hydrogen (secondary N) is 2. The van der Waals surface area contributed by atoms with Crippen molar-refractivity contribution >= 4 is 24.0 Å². The number of nitrogens with zero attached hydrogens (tertiary/aromatic N) is 1. The van der Waals surface area contributed by atoms with Gasteiger partial charge in [0.25, 0.3) is 0 Å². The second kappa shape index (κ2) is 9.37. The number of benzene rings is 1. The van der Waals surface area contributed by atoms with E-state index in [1.165, 1.54) is 5.56 Å². The monoisotopic (exact) mass is 353 g/mol. The summed E-state index contributed by atoms with van der Waals surface area (Å²) in [6, 6.07) is 6.39. The highest BCUT2D eigenvalue weighted by Gasteiger charge is 2.21. The van der Waals surface area contributed by atoms with Gasteiger partial charge in [-0.25, -0.2) is 0 Å². The normalized spacial score (nSPS) is 19.5. The molecule has 0 spiro atoms. The molecule has 1 amide bonds. The van der Waals surface area contributed by atoms with Crippen LogP contribution in [0.3, 0.4) is 0 Å². The van der Waals surface area contributed by atoms with Gasteiger partial charge < -0.3 is 15.4 Å². The molecule has 3 rings (SSSR count). The van der Waals surface area contributed by atoms with Crippen LogP contribution in [0.1, 0.15) is 24.0 Å². The second-order valence-corrected chi connectivity index (χ2v) is 6.55. The van der Waals surface area contributed by atoms with Gasteiger partial charge in [0.2, 0.25) is 5.91 Å². The molecule has 2 aliphatic heterocycles. The lowest BCUT2D eigenvalue weighted by Gasteiger charge is -2.27. The Morgan fingerprint density at radius 2 is 2.00 bits per heavy atom. The Hall–Kier alpha value is -1.14. The molecule has 0 aromatic heterocycles. The molecular formula is C18H28ClN3O2. The highest BCUT2D eigenvalue weighted by molar-refractivity contribution is 5.93. The quantitative estimate of drug-likeness (QED) is 0.871. The van der Waals surface area contributed by atoms with E-state index in [2.05, 4.69) is 40.7 Å². The predicted molar refractivity (Wildman–Crippen MR) is 98.7 cm³/mol. The van der Waals surface area contributed by atoms with E-state index < -0.39 is 0 Å². The van der Waals surface area contributed by atoms with Crippen LogP contribution in [-0.4, -0.2) is 50.2 Å². The summed E-state index contributed by atoms with van der Waals surface area (Å²) in [5.74, 6) is 0.302. The first kappa shape index (κ1) is 19.2. The first-order valence-electron chi connectivity index (χ1n) is 8.63. The Kier molecular flexibility index (Phi) is 7.49. The van der Waals surface area contributed by atoms with Gasteiger partial charge in [-0.3, -0.25) is 9.69 Å². The number of carbonyl (C=O) groups is 1. The van der Waals surface area contributed by atoms with Crippen molar-refractivity contribution in [2.75, 3.05) is 44.7 Å². The number of halogens is 1. The van der Waals surface area contributed by atoms with Crippen molar-refractivity contribution in [2.24, 2.45) is 5.92 Å². The summed E-state index contributed by atoms with van der Waals surface area (Å²) >= 11 is 0. The molecule has 6 heteroatoms. The molecule has 1 aromatic carbocycles. The average Bonchev–Trinajstić information content (AvgIpc) is 2.59. The maximum absolute atomic E-state index is 12.5. The zero-order chi connectivity index (χ0) is 16.1. The summed E-state index contributed by atoms with van der Waals surface area (Å²) in [5, 5.41) is 6.45. The van der Waals surface area contributed by atoms with E-state index >= 15 is 0 Å². The summed E-state index contributed by atoms with van der Waals surface area (Å²) in [5.41, 5.74) is 3.33. The number of piperidine rings is 1. The Labute approximate surface area is 150 Å². The van der Waals surface area contributed by atoms with Crippen LogP contribution in [0.25, 0.3) is 0 Å². The van der Waals surface area contributed by atoms with E-state index in [4.69, 9.17) is 4.74 Å². The van der Waals surface area contributed by atoms with Gasteiger partial charge in [-0.1, -0.05) is 12.1 Å². The molecule has 0 atom stereocenters. The largest absolute Gasteiger partial charge is 0.379 e. The summed E-state index contributed by atoms with van der Waals surface area (Å²) in [7, 11) is 0. The Bertz CT molecular complexity index is 541.